The van der Waals surface area contributed by atoms with E-state index < -0.39 is 5.97 Å². The van der Waals surface area contributed by atoms with Gasteiger partial charge in [-0.3, -0.25) is 9.59 Å². The Balaban J connectivity index is 1.58. The van der Waals surface area contributed by atoms with E-state index in [9.17, 15) is 14.4 Å². The molecule has 132 valence electrons. The first-order valence-electron chi connectivity index (χ1n) is 8.46. The Morgan fingerprint density at radius 3 is 2.52 bits per heavy atom. The van der Waals surface area contributed by atoms with Crippen LogP contribution in [0.5, 0.6) is 0 Å². The Morgan fingerprint density at radius 1 is 1.28 bits per heavy atom. The molecule has 1 saturated heterocycles. The minimum absolute atomic E-state index is 0.0166. The molecule has 2 amide bonds. The topological polar surface area (TPSA) is 72.9 Å². The molecule has 0 saturated carbocycles. The molecular weight excluding hydrogens is 322 g/mol. The summed E-state index contributed by atoms with van der Waals surface area (Å²) in [6.45, 7) is 4.70. The van der Waals surface area contributed by atoms with Crippen LogP contribution in [-0.2, 0) is 19.1 Å². The molecule has 0 aliphatic carbocycles. The average Bonchev–Trinajstić information content (AvgIpc) is 2.84. The summed E-state index contributed by atoms with van der Waals surface area (Å²) in [5.74, 6) is -0.694. The Morgan fingerprint density at radius 2 is 2.00 bits per heavy atom. The third kappa shape index (κ3) is 3.49. The fourth-order valence-corrected chi connectivity index (χ4v) is 3.01. The molecule has 3 rings (SSSR count). The van der Waals surface area contributed by atoms with Crippen LogP contribution in [0, 0.1) is 5.92 Å². The second-order valence-corrected chi connectivity index (χ2v) is 6.37. The van der Waals surface area contributed by atoms with Crippen LogP contribution in [0.4, 0.5) is 5.69 Å². The first kappa shape index (κ1) is 17.4. The molecule has 0 aromatic heterocycles. The van der Waals surface area contributed by atoms with E-state index in [1.54, 1.807) is 31.2 Å². The first-order chi connectivity index (χ1) is 12.0. The highest BCUT2D eigenvalue weighted by Gasteiger charge is 2.32. The number of nitrogens with zero attached hydrogens (tertiary/aromatic N) is 1. The van der Waals surface area contributed by atoms with E-state index in [4.69, 9.17) is 9.47 Å². The number of ether oxygens (including phenoxy) is 2. The predicted octanol–water partition coefficient (Wildman–Crippen LogP) is 2.48. The highest BCUT2D eigenvalue weighted by atomic mass is 16.6. The lowest BCUT2D eigenvalue weighted by molar-refractivity contribution is -0.139. The number of carbonyl (C=O) groups is 3. The van der Waals surface area contributed by atoms with Gasteiger partial charge in [0.1, 0.15) is 6.61 Å². The lowest BCUT2D eigenvalue weighted by Gasteiger charge is -2.36. The van der Waals surface area contributed by atoms with E-state index in [1.807, 2.05) is 0 Å². The Hall–Kier alpha value is -2.47. The molecule has 1 aromatic carbocycles. The van der Waals surface area contributed by atoms with Gasteiger partial charge in [0.05, 0.1) is 24.0 Å². The predicted molar refractivity (Wildman–Crippen MR) is 91.1 cm³/mol. The van der Waals surface area contributed by atoms with Crippen LogP contribution in [-0.4, -0.2) is 37.1 Å². The summed E-state index contributed by atoms with van der Waals surface area (Å²) in [5.41, 5.74) is 1.21. The number of hydrogen-bond donors (Lipinski definition) is 0. The van der Waals surface area contributed by atoms with E-state index in [1.165, 1.54) is 6.08 Å². The molecule has 1 fully saturated rings. The van der Waals surface area contributed by atoms with Gasteiger partial charge in [-0.15, -0.1) is 0 Å². The quantitative estimate of drug-likeness (QED) is 0.586. The van der Waals surface area contributed by atoms with Crippen molar-refractivity contribution in [1.29, 1.82) is 0 Å². The minimum atomic E-state index is -0.439. The van der Waals surface area contributed by atoms with E-state index in [-0.39, 0.29) is 24.5 Å². The normalized spacial score (nSPS) is 22.6. The van der Waals surface area contributed by atoms with E-state index >= 15 is 0 Å². The number of hydrogen-bond acceptors (Lipinski definition) is 5. The summed E-state index contributed by atoms with van der Waals surface area (Å²) in [7, 11) is 0. The summed E-state index contributed by atoms with van der Waals surface area (Å²) < 4.78 is 10.7. The zero-order valence-electron chi connectivity index (χ0n) is 14.4. The summed E-state index contributed by atoms with van der Waals surface area (Å²) >= 11 is 0. The van der Waals surface area contributed by atoms with Gasteiger partial charge in [0.25, 0.3) is 11.8 Å². The molecule has 2 aliphatic rings. The van der Waals surface area contributed by atoms with Crippen LogP contribution in [0.25, 0.3) is 0 Å². The van der Waals surface area contributed by atoms with Crippen molar-refractivity contribution in [2.45, 2.75) is 32.8 Å². The van der Waals surface area contributed by atoms with Crippen molar-refractivity contribution >= 4 is 23.5 Å². The SMILES string of the molecule is CCCC1COC1COC(=O)c1ccc(N2C(=O)C=C(C)C2=O)cc1. The molecule has 6 nitrogen and oxygen atoms in total. The third-order valence-electron chi connectivity index (χ3n) is 4.55. The number of esters is 1. The molecule has 1 aromatic rings. The van der Waals surface area contributed by atoms with Crippen LogP contribution in [0.2, 0.25) is 0 Å². The fourth-order valence-electron chi connectivity index (χ4n) is 3.01. The van der Waals surface area contributed by atoms with Crippen molar-refractivity contribution in [3.63, 3.8) is 0 Å². The molecule has 2 atom stereocenters. The summed E-state index contributed by atoms with van der Waals surface area (Å²) in [6.07, 6.45) is 3.44. The lowest BCUT2D eigenvalue weighted by atomic mass is 9.94. The molecule has 6 heteroatoms. The third-order valence-corrected chi connectivity index (χ3v) is 4.55. The maximum absolute atomic E-state index is 12.1. The standard InChI is InChI=1S/C19H21NO5/c1-3-4-14-10-24-16(14)11-25-19(23)13-5-7-15(8-6-13)20-17(21)9-12(2)18(20)22/h5-9,14,16H,3-4,10-11H2,1-2H3. The van der Waals surface area contributed by atoms with Crippen LogP contribution in [0.3, 0.4) is 0 Å². The monoisotopic (exact) mass is 343 g/mol. The molecule has 2 unspecified atom stereocenters. The van der Waals surface area contributed by atoms with Gasteiger partial charge in [-0.05, 0) is 37.6 Å². The second kappa shape index (κ2) is 7.19. The van der Waals surface area contributed by atoms with Crippen LogP contribution in [0.1, 0.15) is 37.0 Å². The van der Waals surface area contributed by atoms with Gasteiger partial charge in [-0.1, -0.05) is 13.3 Å². The maximum Gasteiger partial charge on any atom is 0.338 e. The first-order valence-corrected chi connectivity index (χ1v) is 8.46. The van der Waals surface area contributed by atoms with Gasteiger partial charge in [0.2, 0.25) is 0 Å². The molecule has 0 radical (unpaired) electrons. The van der Waals surface area contributed by atoms with Crippen molar-refractivity contribution in [2.75, 3.05) is 18.1 Å². The number of rotatable bonds is 6. The Bertz CT molecular complexity index is 722. The van der Waals surface area contributed by atoms with Crippen molar-refractivity contribution in [2.24, 2.45) is 5.92 Å². The molecular formula is C19H21NO5. The Kier molecular flexibility index (Phi) is 4.99. The van der Waals surface area contributed by atoms with Crippen molar-refractivity contribution in [3.05, 3.63) is 41.5 Å². The fraction of sp³-hybridized carbons (Fsp3) is 0.421. The van der Waals surface area contributed by atoms with Gasteiger partial charge in [-0.2, -0.15) is 0 Å². The molecule has 0 bridgehead atoms. The second-order valence-electron chi connectivity index (χ2n) is 6.37. The van der Waals surface area contributed by atoms with Crippen LogP contribution in [0.15, 0.2) is 35.9 Å². The average molecular weight is 343 g/mol. The van der Waals surface area contributed by atoms with Crippen molar-refractivity contribution in [1.82, 2.24) is 0 Å². The molecule has 0 spiro atoms. The lowest BCUT2D eigenvalue weighted by Crippen LogP contribution is -2.43. The van der Waals surface area contributed by atoms with Gasteiger partial charge >= 0.3 is 5.97 Å². The van der Waals surface area contributed by atoms with Gasteiger partial charge in [0, 0.05) is 17.6 Å². The van der Waals surface area contributed by atoms with Crippen LogP contribution >= 0.6 is 0 Å². The number of imide groups is 1. The van der Waals surface area contributed by atoms with Gasteiger partial charge in [-0.25, -0.2) is 9.69 Å². The van der Waals surface area contributed by atoms with Gasteiger partial charge < -0.3 is 9.47 Å². The Labute approximate surface area is 146 Å². The molecule has 2 aliphatic heterocycles. The van der Waals surface area contributed by atoms with E-state index in [0.29, 0.717) is 22.7 Å². The van der Waals surface area contributed by atoms with Crippen molar-refractivity contribution < 1.29 is 23.9 Å². The molecule has 25 heavy (non-hydrogen) atoms. The largest absolute Gasteiger partial charge is 0.459 e. The number of anilines is 1. The summed E-state index contributed by atoms with van der Waals surface area (Å²) in [5, 5.41) is 0. The molecule has 0 N–H and O–H groups in total. The maximum atomic E-state index is 12.1. The smallest absolute Gasteiger partial charge is 0.338 e. The van der Waals surface area contributed by atoms with E-state index in [2.05, 4.69) is 6.92 Å². The number of benzene rings is 1. The highest BCUT2D eigenvalue weighted by molar-refractivity contribution is 6.30. The van der Waals surface area contributed by atoms with Crippen molar-refractivity contribution in [3.8, 4) is 0 Å². The number of carbonyl (C=O) groups excluding carboxylic acids is 3. The van der Waals surface area contributed by atoms with Crippen LogP contribution < -0.4 is 4.90 Å². The number of amides is 2. The zero-order valence-corrected chi connectivity index (χ0v) is 14.4. The highest BCUT2D eigenvalue weighted by Crippen LogP contribution is 2.26. The minimum Gasteiger partial charge on any atom is -0.459 e. The van der Waals surface area contributed by atoms with E-state index in [0.717, 1.165) is 24.3 Å². The molecule has 2 heterocycles. The zero-order chi connectivity index (χ0) is 18.0. The summed E-state index contributed by atoms with van der Waals surface area (Å²) in [4.78, 5) is 37.0. The van der Waals surface area contributed by atoms with Gasteiger partial charge in [0.15, 0.2) is 0 Å². The summed E-state index contributed by atoms with van der Waals surface area (Å²) in [6, 6.07) is 6.24.